The number of halogens is 1. The van der Waals surface area contributed by atoms with Crippen LogP contribution in [-0.2, 0) is 4.74 Å². The van der Waals surface area contributed by atoms with E-state index in [-0.39, 0.29) is 18.0 Å². The van der Waals surface area contributed by atoms with Crippen LogP contribution in [0.5, 0.6) is 0 Å². The number of nitrogens with two attached hydrogens (primary N) is 1. The summed E-state index contributed by atoms with van der Waals surface area (Å²) < 4.78 is 6.56. The number of rotatable bonds is 2. The Morgan fingerprint density at radius 3 is 2.68 bits per heavy atom. The standard InChI is InChI=1S/C12H14ClN5.C5H10O2/c1-6(2)7(3)11-8(4-14)10(13)9-5-16-12(15)17-18(9)11;6-5-2-1-3-7-4-5/h5-7H,1-3H3,(H2,15,17);5-6H,1-4H2. The van der Waals surface area contributed by atoms with Crippen molar-refractivity contribution in [2.45, 2.75) is 45.6 Å². The van der Waals surface area contributed by atoms with Gasteiger partial charge in [0.1, 0.15) is 11.6 Å². The van der Waals surface area contributed by atoms with E-state index in [2.05, 4.69) is 30.0 Å². The summed E-state index contributed by atoms with van der Waals surface area (Å²) >= 11 is 6.20. The second kappa shape index (κ2) is 8.48. The zero-order chi connectivity index (χ0) is 18.6. The first-order valence-corrected chi connectivity index (χ1v) is 8.73. The van der Waals surface area contributed by atoms with Crippen LogP contribution in [0.3, 0.4) is 0 Å². The fourth-order valence-corrected chi connectivity index (χ4v) is 2.88. The van der Waals surface area contributed by atoms with Gasteiger partial charge in [0.05, 0.1) is 35.2 Å². The topological polar surface area (TPSA) is 109 Å². The fraction of sp³-hybridized carbons (Fsp3) is 0.588. The van der Waals surface area contributed by atoms with E-state index < -0.39 is 0 Å². The molecule has 7 nitrogen and oxygen atoms in total. The van der Waals surface area contributed by atoms with Gasteiger partial charge < -0.3 is 15.6 Å². The van der Waals surface area contributed by atoms with Crippen molar-refractivity contribution in [2.75, 3.05) is 18.9 Å². The van der Waals surface area contributed by atoms with Crippen molar-refractivity contribution in [1.29, 1.82) is 5.26 Å². The molecule has 0 bridgehead atoms. The third kappa shape index (κ3) is 4.40. The van der Waals surface area contributed by atoms with Gasteiger partial charge in [0.15, 0.2) is 0 Å². The van der Waals surface area contributed by atoms with Crippen molar-refractivity contribution in [3.63, 3.8) is 0 Å². The molecule has 3 N–H and O–H groups in total. The highest BCUT2D eigenvalue weighted by atomic mass is 35.5. The largest absolute Gasteiger partial charge is 0.391 e. The molecule has 1 aliphatic rings. The van der Waals surface area contributed by atoms with Crippen LogP contribution in [0.25, 0.3) is 5.52 Å². The molecule has 0 aliphatic carbocycles. The second-order valence-corrected chi connectivity index (χ2v) is 6.88. The molecule has 2 aromatic heterocycles. The molecule has 136 valence electrons. The van der Waals surface area contributed by atoms with Crippen LogP contribution in [0.1, 0.15) is 50.8 Å². The Balaban J connectivity index is 0.000000269. The maximum absolute atomic E-state index is 9.27. The summed E-state index contributed by atoms with van der Waals surface area (Å²) in [5.41, 5.74) is 7.47. The van der Waals surface area contributed by atoms with Crippen LogP contribution < -0.4 is 5.73 Å². The lowest BCUT2D eigenvalue weighted by Crippen LogP contribution is -2.21. The minimum absolute atomic E-state index is 0.147. The predicted molar refractivity (Wildman–Crippen MR) is 96.4 cm³/mol. The van der Waals surface area contributed by atoms with Crippen molar-refractivity contribution in [3.8, 4) is 6.07 Å². The van der Waals surface area contributed by atoms with Gasteiger partial charge in [0.2, 0.25) is 5.95 Å². The number of aliphatic hydroxyl groups is 1. The molecule has 0 aromatic carbocycles. The first kappa shape index (κ1) is 19.4. The van der Waals surface area contributed by atoms with E-state index >= 15 is 0 Å². The van der Waals surface area contributed by atoms with Crippen LogP contribution in [-0.4, -0.2) is 39.0 Å². The van der Waals surface area contributed by atoms with Crippen LogP contribution in [0.4, 0.5) is 5.95 Å². The summed E-state index contributed by atoms with van der Waals surface area (Å²) in [6.45, 7) is 7.59. The summed E-state index contributed by atoms with van der Waals surface area (Å²) in [6, 6.07) is 2.15. The quantitative estimate of drug-likeness (QED) is 0.846. The number of nitrogen functional groups attached to an aromatic ring is 1. The van der Waals surface area contributed by atoms with Gasteiger partial charge in [0, 0.05) is 12.5 Å². The molecule has 2 atom stereocenters. The number of nitriles is 1. The summed E-state index contributed by atoms with van der Waals surface area (Å²) in [5.74, 6) is 0.673. The van der Waals surface area contributed by atoms with Crippen LogP contribution in [0.15, 0.2) is 6.20 Å². The average Bonchev–Trinajstić information content (AvgIpc) is 2.86. The zero-order valence-electron chi connectivity index (χ0n) is 14.7. The zero-order valence-corrected chi connectivity index (χ0v) is 15.5. The van der Waals surface area contributed by atoms with E-state index in [4.69, 9.17) is 27.2 Å². The molecule has 8 heteroatoms. The van der Waals surface area contributed by atoms with Crippen molar-refractivity contribution in [2.24, 2.45) is 5.92 Å². The molecule has 0 spiro atoms. The van der Waals surface area contributed by atoms with Gasteiger partial charge in [-0.2, -0.15) is 5.26 Å². The number of hydrogen-bond acceptors (Lipinski definition) is 6. The molecule has 2 aromatic rings. The summed E-state index contributed by atoms with van der Waals surface area (Å²) in [7, 11) is 0. The molecule has 1 saturated heterocycles. The van der Waals surface area contributed by atoms with Gasteiger partial charge >= 0.3 is 0 Å². The Hall–Kier alpha value is -1.88. The van der Waals surface area contributed by atoms with Gasteiger partial charge in [-0.3, -0.25) is 0 Å². The summed E-state index contributed by atoms with van der Waals surface area (Å²) in [5, 5.41) is 22.6. The van der Waals surface area contributed by atoms with E-state index in [0.29, 0.717) is 28.6 Å². The van der Waals surface area contributed by atoms with Gasteiger partial charge in [-0.05, 0) is 18.8 Å². The minimum atomic E-state index is -0.186. The number of ether oxygens (including phenoxy) is 1. The Kier molecular flexibility index (Phi) is 6.59. The predicted octanol–water partition coefficient (Wildman–Crippen LogP) is 2.75. The molecule has 2 unspecified atom stereocenters. The van der Waals surface area contributed by atoms with Crippen molar-refractivity contribution in [3.05, 3.63) is 22.5 Å². The van der Waals surface area contributed by atoms with Crippen LogP contribution in [0.2, 0.25) is 5.02 Å². The highest BCUT2D eigenvalue weighted by Gasteiger charge is 2.24. The molecule has 1 fully saturated rings. The van der Waals surface area contributed by atoms with Gasteiger partial charge in [0.25, 0.3) is 0 Å². The van der Waals surface area contributed by atoms with E-state index in [0.717, 1.165) is 25.1 Å². The maximum Gasteiger partial charge on any atom is 0.238 e. The molecule has 1 aliphatic heterocycles. The SMILES string of the molecule is CC(C)C(C)c1c(C#N)c(Cl)c2cnc(N)nn12.OC1CCCOC1. The molecule has 0 radical (unpaired) electrons. The van der Waals surface area contributed by atoms with Gasteiger partial charge in [-0.25, -0.2) is 9.50 Å². The first-order valence-electron chi connectivity index (χ1n) is 8.35. The monoisotopic (exact) mass is 365 g/mol. The Bertz CT molecular complexity index is 762. The molecule has 0 amide bonds. The Morgan fingerprint density at radius 2 is 2.20 bits per heavy atom. The van der Waals surface area contributed by atoms with E-state index in [9.17, 15) is 5.26 Å². The van der Waals surface area contributed by atoms with Crippen LogP contribution >= 0.6 is 11.6 Å². The van der Waals surface area contributed by atoms with E-state index in [1.807, 2.05) is 6.92 Å². The number of aromatic nitrogens is 3. The Morgan fingerprint density at radius 1 is 1.48 bits per heavy atom. The summed E-state index contributed by atoms with van der Waals surface area (Å²) in [4.78, 5) is 3.91. The first-order chi connectivity index (χ1) is 11.9. The van der Waals surface area contributed by atoms with Crippen molar-refractivity contribution < 1.29 is 9.84 Å². The van der Waals surface area contributed by atoms with E-state index in [1.54, 1.807) is 10.7 Å². The molecular weight excluding hydrogens is 342 g/mol. The molecule has 3 heterocycles. The van der Waals surface area contributed by atoms with Crippen molar-refractivity contribution in [1.82, 2.24) is 14.6 Å². The molecule has 25 heavy (non-hydrogen) atoms. The Labute approximate surface area is 152 Å². The van der Waals surface area contributed by atoms with Crippen LogP contribution in [0, 0.1) is 17.2 Å². The minimum Gasteiger partial charge on any atom is -0.391 e. The van der Waals surface area contributed by atoms with Gasteiger partial charge in [-0.1, -0.05) is 32.4 Å². The third-order valence-corrected chi connectivity index (χ3v) is 4.74. The molecule has 0 saturated carbocycles. The lowest BCUT2D eigenvalue weighted by Gasteiger charge is -2.15. The molecule has 3 rings (SSSR count). The number of anilines is 1. The highest BCUT2D eigenvalue weighted by Crippen LogP contribution is 2.34. The third-order valence-electron chi connectivity index (χ3n) is 4.36. The highest BCUT2D eigenvalue weighted by molar-refractivity contribution is 6.35. The maximum atomic E-state index is 9.27. The fourth-order valence-electron chi connectivity index (χ4n) is 2.61. The summed E-state index contributed by atoms with van der Waals surface area (Å²) in [6.07, 6.45) is 3.29. The number of hydrogen-bond donors (Lipinski definition) is 2. The van der Waals surface area contributed by atoms with E-state index in [1.165, 1.54) is 0 Å². The number of aliphatic hydroxyl groups excluding tert-OH is 1. The lowest BCUT2D eigenvalue weighted by molar-refractivity contribution is -0.00535. The number of nitrogens with zero attached hydrogens (tertiary/aromatic N) is 4. The van der Waals surface area contributed by atoms with Crippen molar-refractivity contribution >= 4 is 23.1 Å². The smallest absolute Gasteiger partial charge is 0.238 e. The lowest BCUT2D eigenvalue weighted by atomic mass is 9.93. The average molecular weight is 366 g/mol. The number of fused-ring (bicyclic) bond motifs is 1. The second-order valence-electron chi connectivity index (χ2n) is 6.50. The molecular formula is C17H24ClN5O2. The van der Waals surface area contributed by atoms with Gasteiger partial charge in [-0.15, -0.1) is 5.10 Å². The normalized spacial score (nSPS) is 18.5.